The highest BCUT2D eigenvalue weighted by Crippen LogP contribution is 2.34. The number of nitrogens with zero attached hydrogens (tertiary/aromatic N) is 1. The molecule has 0 bridgehead atoms. The van der Waals surface area contributed by atoms with Crippen molar-refractivity contribution in [1.29, 1.82) is 0 Å². The maximum Gasteiger partial charge on any atom is 0.244 e. The van der Waals surface area contributed by atoms with E-state index in [0.717, 1.165) is 16.7 Å². The molecule has 1 heterocycles. The first kappa shape index (κ1) is 17.9. The molecule has 27 heavy (non-hydrogen) atoms. The maximum atomic E-state index is 13.6. The van der Waals surface area contributed by atoms with Crippen LogP contribution in [0.5, 0.6) is 0 Å². The molecule has 138 valence electrons. The lowest BCUT2D eigenvalue weighted by molar-refractivity contribution is 0.0321. The average molecular weight is 379 g/mol. The zero-order valence-electron chi connectivity index (χ0n) is 14.9. The molecule has 1 aliphatic rings. The second kappa shape index (κ2) is 7.64. The fourth-order valence-electron chi connectivity index (χ4n) is 3.49. The van der Waals surface area contributed by atoms with Crippen molar-refractivity contribution in [3.63, 3.8) is 0 Å². The molecular formula is C22H21NO3S. The van der Waals surface area contributed by atoms with Crippen molar-refractivity contribution >= 4 is 10.0 Å². The minimum Gasteiger partial charge on any atom is -0.378 e. The lowest BCUT2D eigenvalue weighted by Gasteiger charge is -2.35. The smallest absolute Gasteiger partial charge is 0.244 e. The molecule has 0 amide bonds. The van der Waals surface area contributed by atoms with Gasteiger partial charge in [-0.3, -0.25) is 0 Å². The summed E-state index contributed by atoms with van der Waals surface area (Å²) < 4.78 is 34.5. The molecule has 3 aromatic carbocycles. The molecule has 1 atom stereocenters. The van der Waals surface area contributed by atoms with Crippen molar-refractivity contribution in [3.8, 4) is 11.1 Å². The van der Waals surface area contributed by atoms with Crippen LogP contribution in [0.3, 0.4) is 0 Å². The highest BCUT2D eigenvalue weighted by Gasteiger charge is 2.36. The van der Waals surface area contributed by atoms with Crippen LogP contribution < -0.4 is 0 Å². The minimum atomic E-state index is -3.68. The lowest BCUT2D eigenvalue weighted by Crippen LogP contribution is -2.43. The molecule has 0 aromatic heterocycles. The van der Waals surface area contributed by atoms with Crippen molar-refractivity contribution < 1.29 is 13.2 Å². The number of sulfonamides is 1. The minimum absolute atomic E-state index is 0.325. The molecular weight excluding hydrogens is 358 g/mol. The van der Waals surface area contributed by atoms with Gasteiger partial charge >= 0.3 is 0 Å². The Bertz CT molecular complexity index is 1000. The van der Waals surface area contributed by atoms with E-state index in [1.54, 1.807) is 16.4 Å². The molecule has 1 saturated heterocycles. The Morgan fingerprint density at radius 3 is 2.19 bits per heavy atom. The van der Waals surface area contributed by atoms with Gasteiger partial charge in [-0.25, -0.2) is 8.42 Å². The zero-order chi connectivity index (χ0) is 18.7. The molecule has 1 fully saturated rings. The summed E-state index contributed by atoms with van der Waals surface area (Å²) in [5.74, 6) is 0. The standard InChI is InChI=1S/C22H21NO3S/c24-27(25,22-14-8-7-13-20(22)18-9-3-1-4-10-18)23-15-16-26-17-21(23)19-11-5-2-6-12-19/h1-14,21H,15-17H2. The van der Waals surface area contributed by atoms with Gasteiger partial charge in [-0.2, -0.15) is 4.31 Å². The van der Waals surface area contributed by atoms with Crippen LogP contribution in [0.4, 0.5) is 0 Å². The molecule has 4 nitrogen and oxygen atoms in total. The van der Waals surface area contributed by atoms with Gasteiger partial charge in [0.1, 0.15) is 0 Å². The summed E-state index contributed by atoms with van der Waals surface area (Å²) in [7, 11) is -3.68. The van der Waals surface area contributed by atoms with Gasteiger partial charge in [0.15, 0.2) is 0 Å². The molecule has 0 saturated carbocycles. The van der Waals surface area contributed by atoms with Gasteiger partial charge in [0.05, 0.1) is 24.2 Å². The molecule has 0 N–H and O–H groups in total. The highest BCUT2D eigenvalue weighted by molar-refractivity contribution is 7.89. The first-order valence-electron chi connectivity index (χ1n) is 8.97. The summed E-state index contributed by atoms with van der Waals surface area (Å²) in [6, 6.07) is 26.2. The van der Waals surface area contributed by atoms with E-state index < -0.39 is 10.0 Å². The monoisotopic (exact) mass is 379 g/mol. The predicted octanol–water partition coefficient (Wildman–Crippen LogP) is 4.12. The third-order valence-corrected chi connectivity index (χ3v) is 6.79. The summed E-state index contributed by atoms with van der Waals surface area (Å²) in [5, 5.41) is 0. The van der Waals surface area contributed by atoms with Crippen molar-refractivity contribution in [2.45, 2.75) is 10.9 Å². The van der Waals surface area contributed by atoms with Crippen molar-refractivity contribution in [1.82, 2.24) is 4.31 Å². The number of rotatable bonds is 4. The molecule has 0 radical (unpaired) electrons. The normalized spacial score (nSPS) is 18.3. The van der Waals surface area contributed by atoms with E-state index >= 15 is 0 Å². The summed E-state index contributed by atoms with van der Waals surface area (Å²) >= 11 is 0. The first-order valence-corrected chi connectivity index (χ1v) is 10.4. The Morgan fingerprint density at radius 2 is 1.44 bits per heavy atom. The van der Waals surface area contributed by atoms with Crippen LogP contribution in [0.2, 0.25) is 0 Å². The van der Waals surface area contributed by atoms with E-state index in [9.17, 15) is 8.42 Å². The Kier molecular flexibility index (Phi) is 5.07. The summed E-state index contributed by atoms with van der Waals surface area (Å²) in [5.41, 5.74) is 2.55. The molecule has 1 aliphatic heterocycles. The van der Waals surface area contributed by atoms with E-state index in [1.165, 1.54) is 0 Å². The molecule has 1 unspecified atom stereocenters. The second-order valence-electron chi connectivity index (χ2n) is 6.48. The third-order valence-electron chi connectivity index (χ3n) is 4.82. The number of morpholine rings is 1. The average Bonchev–Trinajstić information content (AvgIpc) is 2.75. The third kappa shape index (κ3) is 3.54. The Hall–Kier alpha value is -2.47. The Balaban J connectivity index is 1.79. The fraction of sp³-hybridized carbons (Fsp3) is 0.182. The number of hydrogen-bond donors (Lipinski definition) is 0. The molecule has 0 spiro atoms. The lowest BCUT2D eigenvalue weighted by atomic mass is 10.1. The molecule has 0 aliphatic carbocycles. The van der Waals surface area contributed by atoms with Gasteiger partial charge < -0.3 is 4.74 Å². The van der Waals surface area contributed by atoms with Gasteiger partial charge in [-0.1, -0.05) is 78.9 Å². The van der Waals surface area contributed by atoms with E-state index in [4.69, 9.17) is 4.74 Å². The van der Waals surface area contributed by atoms with Gasteiger partial charge in [-0.15, -0.1) is 0 Å². The van der Waals surface area contributed by atoms with Crippen LogP contribution in [-0.2, 0) is 14.8 Å². The van der Waals surface area contributed by atoms with Gasteiger partial charge in [0.2, 0.25) is 10.0 Å². The van der Waals surface area contributed by atoms with Gasteiger partial charge in [-0.05, 0) is 17.2 Å². The van der Waals surface area contributed by atoms with Crippen LogP contribution >= 0.6 is 0 Å². The van der Waals surface area contributed by atoms with E-state index in [-0.39, 0.29) is 6.04 Å². The molecule has 5 heteroatoms. The van der Waals surface area contributed by atoms with Gasteiger partial charge in [0, 0.05) is 12.1 Å². The second-order valence-corrected chi connectivity index (χ2v) is 8.34. The summed E-state index contributed by atoms with van der Waals surface area (Å²) in [6.07, 6.45) is 0. The van der Waals surface area contributed by atoms with Crippen LogP contribution in [0.1, 0.15) is 11.6 Å². The van der Waals surface area contributed by atoms with E-state index in [0.29, 0.717) is 24.7 Å². The number of hydrogen-bond acceptors (Lipinski definition) is 3. The highest BCUT2D eigenvalue weighted by atomic mass is 32.2. The molecule has 3 aromatic rings. The number of ether oxygens (including phenoxy) is 1. The Morgan fingerprint density at radius 1 is 0.815 bits per heavy atom. The summed E-state index contributed by atoms with van der Waals surface area (Å²) in [4.78, 5) is 0.332. The Labute approximate surface area is 160 Å². The van der Waals surface area contributed by atoms with Crippen molar-refractivity contribution in [2.75, 3.05) is 19.8 Å². The van der Waals surface area contributed by atoms with Crippen LogP contribution in [0, 0.1) is 0 Å². The first-order chi connectivity index (χ1) is 13.2. The SMILES string of the molecule is O=S(=O)(c1ccccc1-c1ccccc1)N1CCOCC1c1ccccc1. The van der Waals surface area contributed by atoms with Crippen molar-refractivity contribution in [3.05, 3.63) is 90.5 Å². The largest absolute Gasteiger partial charge is 0.378 e. The topological polar surface area (TPSA) is 46.6 Å². The number of benzene rings is 3. The van der Waals surface area contributed by atoms with E-state index in [1.807, 2.05) is 72.8 Å². The van der Waals surface area contributed by atoms with Crippen molar-refractivity contribution in [2.24, 2.45) is 0 Å². The quantitative estimate of drug-likeness (QED) is 0.685. The molecule has 4 rings (SSSR count). The van der Waals surface area contributed by atoms with Crippen LogP contribution in [-0.4, -0.2) is 32.5 Å². The summed E-state index contributed by atoms with van der Waals surface area (Å²) in [6.45, 7) is 1.10. The zero-order valence-corrected chi connectivity index (χ0v) is 15.7. The maximum absolute atomic E-state index is 13.6. The predicted molar refractivity (Wildman–Crippen MR) is 106 cm³/mol. The van der Waals surface area contributed by atoms with Gasteiger partial charge in [0.25, 0.3) is 0 Å². The van der Waals surface area contributed by atoms with E-state index in [2.05, 4.69) is 0 Å². The van der Waals surface area contributed by atoms with Crippen LogP contribution in [0.25, 0.3) is 11.1 Å². The van der Waals surface area contributed by atoms with Crippen LogP contribution in [0.15, 0.2) is 89.8 Å². The fourth-order valence-corrected chi connectivity index (χ4v) is 5.29.